The van der Waals surface area contributed by atoms with Crippen LogP contribution in [0, 0.1) is 5.82 Å². The van der Waals surface area contributed by atoms with Crippen molar-refractivity contribution in [2.45, 2.75) is 31.8 Å². The van der Waals surface area contributed by atoms with E-state index in [2.05, 4.69) is 0 Å². The van der Waals surface area contributed by atoms with Crippen LogP contribution in [0.1, 0.15) is 40.5 Å². The van der Waals surface area contributed by atoms with Crippen molar-refractivity contribution in [2.75, 3.05) is 13.2 Å². The first-order valence-electron chi connectivity index (χ1n) is 8.67. The molecule has 1 unspecified atom stereocenters. The van der Waals surface area contributed by atoms with Crippen LogP contribution < -0.4 is 5.73 Å². The summed E-state index contributed by atoms with van der Waals surface area (Å²) in [5, 5.41) is 0. The van der Waals surface area contributed by atoms with Gasteiger partial charge in [0.15, 0.2) is 0 Å². The first-order chi connectivity index (χ1) is 13.2. The summed E-state index contributed by atoms with van der Waals surface area (Å²) >= 11 is 0. The van der Waals surface area contributed by atoms with Crippen LogP contribution in [0.3, 0.4) is 0 Å². The van der Waals surface area contributed by atoms with Crippen molar-refractivity contribution in [3.63, 3.8) is 0 Å². The van der Waals surface area contributed by atoms with Crippen LogP contribution in [0.4, 0.5) is 4.39 Å². The quantitative estimate of drug-likeness (QED) is 0.545. The van der Waals surface area contributed by atoms with Crippen molar-refractivity contribution >= 4 is 29.6 Å². The van der Waals surface area contributed by atoms with Gasteiger partial charge < -0.3 is 10.5 Å². The molecule has 0 aromatic heterocycles. The second-order valence-corrected chi connectivity index (χ2v) is 6.54. The third-order valence-corrected chi connectivity index (χ3v) is 4.62. The van der Waals surface area contributed by atoms with Crippen molar-refractivity contribution in [1.29, 1.82) is 0 Å². The third kappa shape index (κ3) is 3.26. The van der Waals surface area contributed by atoms with Gasteiger partial charge in [-0.2, -0.15) is 0 Å². The maximum Gasteiger partial charge on any atom is 0.322 e. The van der Waals surface area contributed by atoms with Gasteiger partial charge in [0.05, 0.1) is 17.7 Å². The summed E-state index contributed by atoms with van der Waals surface area (Å²) in [6.07, 6.45) is -0.144. The van der Waals surface area contributed by atoms with Gasteiger partial charge in [0.25, 0.3) is 17.7 Å². The van der Waals surface area contributed by atoms with Crippen LogP contribution in [0.25, 0.3) is 0 Å². The monoisotopic (exact) mass is 391 g/mol. The molecule has 1 saturated heterocycles. The lowest BCUT2D eigenvalue weighted by Gasteiger charge is -2.34. The molecule has 10 heteroatoms. The highest BCUT2D eigenvalue weighted by atomic mass is 19.1. The van der Waals surface area contributed by atoms with Crippen LogP contribution in [0.5, 0.6) is 0 Å². The Labute approximate surface area is 159 Å². The van der Waals surface area contributed by atoms with Crippen molar-refractivity contribution in [3.8, 4) is 0 Å². The molecule has 1 aromatic rings. The Morgan fingerprint density at radius 2 is 2.00 bits per heavy atom. The Bertz CT molecular complexity index is 884. The summed E-state index contributed by atoms with van der Waals surface area (Å²) in [6.45, 7) is 0.933. The maximum atomic E-state index is 14.0. The lowest BCUT2D eigenvalue weighted by Crippen LogP contribution is -2.56. The fourth-order valence-electron chi connectivity index (χ4n) is 3.21. The molecule has 2 aliphatic rings. The Balaban J connectivity index is 1.77. The molecule has 0 spiro atoms. The third-order valence-electron chi connectivity index (χ3n) is 4.62. The van der Waals surface area contributed by atoms with Gasteiger partial charge in [-0.15, -0.1) is 0 Å². The van der Waals surface area contributed by atoms with Crippen molar-refractivity contribution < 1.29 is 33.1 Å². The molecule has 0 aliphatic carbocycles. The number of benzene rings is 1. The molecule has 2 atom stereocenters. The molecule has 28 heavy (non-hydrogen) atoms. The average Bonchev–Trinajstić information content (AvgIpc) is 2.90. The van der Waals surface area contributed by atoms with E-state index in [-0.39, 0.29) is 37.1 Å². The highest BCUT2D eigenvalue weighted by Gasteiger charge is 2.47. The zero-order chi connectivity index (χ0) is 20.6. The minimum atomic E-state index is -1.23. The van der Waals surface area contributed by atoms with E-state index in [1.54, 1.807) is 0 Å². The number of piperidine rings is 1. The molecule has 3 rings (SSSR count). The summed E-state index contributed by atoms with van der Waals surface area (Å²) in [4.78, 5) is 62.9. The number of halogens is 1. The number of carbonyl (C=O) groups is 5. The van der Waals surface area contributed by atoms with Gasteiger partial charge in [0.1, 0.15) is 24.5 Å². The van der Waals surface area contributed by atoms with E-state index >= 15 is 0 Å². The van der Waals surface area contributed by atoms with E-state index in [1.807, 2.05) is 0 Å². The minimum Gasteiger partial charge on any atom is -0.463 e. The zero-order valence-corrected chi connectivity index (χ0v) is 15.0. The first kappa shape index (κ1) is 19.6. The summed E-state index contributed by atoms with van der Waals surface area (Å²) < 4.78 is 18.9. The molecular weight excluding hydrogens is 373 g/mol. The SMILES string of the molecule is C[C@H](N)C(=O)OCCN1C(=O)CCC(N2C(=O)c3cccc(F)c3C2=O)C1=O. The molecular formula is C18H18FN3O6. The number of imide groups is 2. The molecule has 1 fully saturated rings. The van der Waals surface area contributed by atoms with Gasteiger partial charge in [0.2, 0.25) is 5.91 Å². The number of ether oxygens (including phenoxy) is 1. The van der Waals surface area contributed by atoms with E-state index in [9.17, 15) is 28.4 Å². The number of fused-ring (bicyclic) bond motifs is 1. The van der Waals surface area contributed by atoms with E-state index in [1.165, 1.54) is 19.1 Å². The van der Waals surface area contributed by atoms with Gasteiger partial charge in [-0.3, -0.25) is 33.8 Å². The lowest BCUT2D eigenvalue weighted by atomic mass is 10.0. The summed E-state index contributed by atoms with van der Waals surface area (Å²) in [6, 6.07) is 1.58. The molecule has 2 heterocycles. The van der Waals surface area contributed by atoms with Crippen LogP contribution in [-0.4, -0.2) is 64.6 Å². The fourth-order valence-corrected chi connectivity index (χ4v) is 3.21. The largest absolute Gasteiger partial charge is 0.463 e. The molecule has 0 radical (unpaired) electrons. The number of likely N-dealkylation sites (tertiary alicyclic amines) is 1. The molecule has 4 amide bonds. The van der Waals surface area contributed by atoms with E-state index in [0.29, 0.717) is 4.90 Å². The van der Waals surface area contributed by atoms with E-state index in [4.69, 9.17) is 10.5 Å². The molecule has 0 bridgehead atoms. The number of amides is 4. The average molecular weight is 391 g/mol. The molecule has 2 N–H and O–H groups in total. The predicted molar refractivity (Wildman–Crippen MR) is 91.3 cm³/mol. The number of nitrogens with zero attached hydrogens (tertiary/aromatic N) is 2. The number of nitrogens with two attached hydrogens (primary N) is 1. The predicted octanol–water partition coefficient (Wildman–Crippen LogP) is -0.170. The van der Waals surface area contributed by atoms with Crippen molar-refractivity contribution in [1.82, 2.24) is 9.80 Å². The topological polar surface area (TPSA) is 127 Å². The zero-order valence-electron chi connectivity index (χ0n) is 15.0. The van der Waals surface area contributed by atoms with E-state index in [0.717, 1.165) is 11.0 Å². The summed E-state index contributed by atoms with van der Waals surface area (Å²) in [5.41, 5.74) is 4.87. The Morgan fingerprint density at radius 1 is 1.29 bits per heavy atom. The Kier molecular flexibility index (Phi) is 5.23. The van der Waals surface area contributed by atoms with Crippen LogP contribution >= 0.6 is 0 Å². The van der Waals surface area contributed by atoms with Gasteiger partial charge in [-0.25, -0.2) is 4.39 Å². The molecule has 9 nitrogen and oxygen atoms in total. The van der Waals surface area contributed by atoms with Crippen LogP contribution in [0.15, 0.2) is 18.2 Å². The number of esters is 1. The van der Waals surface area contributed by atoms with Gasteiger partial charge in [-0.1, -0.05) is 6.07 Å². The standard InChI is InChI=1S/C18H18FN3O6/c1-9(20)18(27)28-8-7-21-13(23)6-5-12(16(21)25)22-15(24)10-3-2-4-11(19)14(10)17(22)26/h2-4,9,12H,5-8,20H2,1H3/t9-,12?/m0/s1. The van der Waals surface area contributed by atoms with Crippen molar-refractivity contribution in [3.05, 3.63) is 35.1 Å². The van der Waals surface area contributed by atoms with Gasteiger partial charge in [-0.05, 0) is 25.5 Å². The normalized spacial score (nSPS) is 20.5. The first-order valence-corrected chi connectivity index (χ1v) is 8.67. The summed E-state index contributed by atoms with van der Waals surface area (Å²) in [7, 11) is 0. The minimum absolute atomic E-state index is 0.0547. The number of hydrogen-bond acceptors (Lipinski definition) is 7. The Hall–Kier alpha value is -3.14. The van der Waals surface area contributed by atoms with Crippen LogP contribution in [0.2, 0.25) is 0 Å². The van der Waals surface area contributed by atoms with Gasteiger partial charge in [0, 0.05) is 6.42 Å². The Morgan fingerprint density at radius 3 is 2.64 bits per heavy atom. The second-order valence-electron chi connectivity index (χ2n) is 6.54. The van der Waals surface area contributed by atoms with Gasteiger partial charge >= 0.3 is 5.97 Å². The molecule has 2 aliphatic heterocycles. The number of hydrogen-bond donors (Lipinski definition) is 1. The lowest BCUT2D eigenvalue weighted by molar-refractivity contribution is -0.155. The van der Waals surface area contributed by atoms with Crippen LogP contribution in [-0.2, 0) is 19.1 Å². The highest BCUT2D eigenvalue weighted by Crippen LogP contribution is 2.30. The smallest absolute Gasteiger partial charge is 0.322 e. The highest BCUT2D eigenvalue weighted by molar-refractivity contribution is 6.23. The fraction of sp³-hybridized carbons (Fsp3) is 0.389. The summed E-state index contributed by atoms with van der Waals surface area (Å²) in [5.74, 6) is -4.52. The number of rotatable bonds is 5. The molecule has 1 aromatic carbocycles. The molecule has 148 valence electrons. The molecule has 0 saturated carbocycles. The van der Waals surface area contributed by atoms with Crippen molar-refractivity contribution in [2.24, 2.45) is 5.73 Å². The second kappa shape index (κ2) is 7.47. The number of carbonyl (C=O) groups excluding carboxylic acids is 5. The maximum absolute atomic E-state index is 14.0. The van der Waals surface area contributed by atoms with E-state index < -0.39 is 47.5 Å².